The third-order valence-corrected chi connectivity index (χ3v) is 9.42. The van der Waals surface area contributed by atoms with E-state index >= 15 is 0 Å². The predicted octanol–water partition coefficient (Wildman–Crippen LogP) is 4.91. The number of thioether (sulfide) groups is 1. The van der Waals surface area contributed by atoms with Crippen LogP contribution in [0.4, 0.5) is 0 Å². The van der Waals surface area contributed by atoms with Gasteiger partial charge in [0.05, 0.1) is 0 Å². The average Bonchev–Trinajstić information content (AvgIpc) is 3.25. The molecular weight excluding hydrogens is 453 g/mol. The molecule has 5 heteroatoms. The molecule has 3 nitrogen and oxygen atoms in total. The Kier molecular flexibility index (Phi) is 5.41. The van der Waals surface area contributed by atoms with Crippen molar-refractivity contribution < 1.29 is 0 Å². The van der Waals surface area contributed by atoms with Gasteiger partial charge in [-0.15, -0.1) is 0 Å². The van der Waals surface area contributed by atoms with Crippen LogP contribution in [0.3, 0.4) is 0 Å². The Bertz CT molecular complexity index is 1200. The number of benzene rings is 4. The normalized spacial score (nSPS) is 13.2. The first-order valence-electron chi connectivity index (χ1n) is 9.70. The quantitative estimate of drug-likeness (QED) is 0.260. The SMILES string of the molecule is c1ccc(SC([Se]c2ccccc2)(c2ccccc2)n2nnc3ccccc32)cc1. The summed E-state index contributed by atoms with van der Waals surface area (Å²) in [4.78, 5) is 1.21. The summed E-state index contributed by atoms with van der Waals surface area (Å²) in [5, 5.41) is 9.20. The molecule has 0 saturated carbocycles. The van der Waals surface area contributed by atoms with Crippen LogP contribution in [0.2, 0.25) is 0 Å². The molecule has 146 valence electrons. The number of fused-ring (bicyclic) bond motifs is 1. The molecule has 0 N–H and O–H groups in total. The predicted molar refractivity (Wildman–Crippen MR) is 125 cm³/mol. The molecule has 30 heavy (non-hydrogen) atoms. The van der Waals surface area contributed by atoms with Gasteiger partial charge in [0, 0.05) is 0 Å². The summed E-state index contributed by atoms with van der Waals surface area (Å²) in [6.07, 6.45) is 0. The van der Waals surface area contributed by atoms with E-state index in [1.165, 1.54) is 14.9 Å². The maximum absolute atomic E-state index is 4.70. The molecule has 1 heterocycles. The van der Waals surface area contributed by atoms with Crippen molar-refractivity contribution in [1.82, 2.24) is 15.0 Å². The summed E-state index contributed by atoms with van der Waals surface area (Å²) in [6, 6.07) is 40.2. The zero-order valence-electron chi connectivity index (χ0n) is 16.1. The fraction of sp³-hybridized carbons (Fsp3) is 0.0400. The van der Waals surface area contributed by atoms with Crippen LogP contribution in [0.5, 0.6) is 0 Å². The summed E-state index contributed by atoms with van der Waals surface area (Å²) in [6.45, 7) is 0. The topological polar surface area (TPSA) is 30.7 Å². The van der Waals surface area contributed by atoms with E-state index in [0.717, 1.165) is 11.0 Å². The molecule has 4 aromatic carbocycles. The zero-order chi connectivity index (χ0) is 20.2. The van der Waals surface area contributed by atoms with Gasteiger partial charge in [0.25, 0.3) is 0 Å². The average molecular weight is 472 g/mol. The number of hydrogen-bond acceptors (Lipinski definition) is 3. The molecule has 0 aliphatic carbocycles. The molecule has 0 saturated heterocycles. The molecule has 0 bridgehead atoms. The number of para-hydroxylation sites is 1. The first kappa shape index (κ1) is 19.1. The number of aromatic nitrogens is 3. The third kappa shape index (κ3) is 3.68. The van der Waals surface area contributed by atoms with E-state index < -0.39 is 3.77 Å². The van der Waals surface area contributed by atoms with Gasteiger partial charge < -0.3 is 0 Å². The van der Waals surface area contributed by atoms with E-state index in [9.17, 15) is 0 Å². The van der Waals surface area contributed by atoms with Gasteiger partial charge in [-0.1, -0.05) is 0 Å². The van der Waals surface area contributed by atoms with Crippen LogP contribution in [-0.2, 0) is 3.77 Å². The van der Waals surface area contributed by atoms with Crippen LogP contribution < -0.4 is 4.46 Å². The van der Waals surface area contributed by atoms with Crippen LogP contribution in [0, 0.1) is 0 Å². The standard InChI is InChI=1S/C25H19N3SSe/c1-4-12-20(13-5-1)25(29-21-14-6-2-7-15-21,30-22-16-8-3-9-17-22)28-24-19-11-10-18-23(24)26-27-28/h1-19H. The minimum absolute atomic E-state index is 0.0343. The van der Waals surface area contributed by atoms with Gasteiger partial charge in [0.1, 0.15) is 0 Å². The van der Waals surface area contributed by atoms with Gasteiger partial charge in [-0.25, -0.2) is 0 Å². The van der Waals surface area contributed by atoms with Gasteiger partial charge in [-0.3, -0.25) is 0 Å². The van der Waals surface area contributed by atoms with E-state index in [-0.39, 0.29) is 15.0 Å². The first-order chi connectivity index (χ1) is 14.9. The van der Waals surface area contributed by atoms with E-state index in [1.54, 1.807) is 0 Å². The van der Waals surface area contributed by atoms with Crippen molar-refractivity contribution >= 4 is 42.2 Å². The third-order valence-electron chi connectivity index (χ3n) is 4.77. The molecule has 1 atom stereocenters. The summed E-state index contributed by atoms with van der Waals surface area (Å²) < 4.78 is 3.02. The van der Waals surface area contributed by atoms with Crippen LogP contribution >= 0.6 is 11.8 Å². The van der Waals surface area contributed by atoms with Gasteiger partial charge >= 0.3 is 187 Å². The molecule has 5 rings (SSSR count). The first-order valence-corrected chi connectivity index (χ1v) is 12.2. The molecule has 0 aliphatic heterocycles. The summed E-state index contributed by atoms with van der Waals surface area (Å²) in [5.41, 5.74) is 3.18. The van der Waals surface area contributed by atoms with Gasteiger partial charge in [-0.2, -0.15) is 0 Å². The van der Waals surface area contributed by atoms with E-state index in [1.807, 2.05) is 23.9 Å². The van der Waals surface area contributed by atoms with Crippen molar-refractivity contribution in [2.24, 2.45) is 0 Å². The molecule has 0 radical (unpaired) electrons. The second kappa shape index (κ2) is 8.49. The monoisotopic (exact) mass is 473 g/mol. The molecule has 0 amide bonds. The van der Waals surface area contributed by atoms with Crippen molar-refractivity contribution in [3.63, 3.8) is 0 Å². The fourth-order valence-corrected chi connectivity index (χ4v) is 8.16. The molecule has 0 spiro atoms. The Morgan fingerprint density at radius 2 is 1.27 bits per heavy atom. The second-order valence-corrected chi connectivity index (χ2v) is 11.3. The van der Waals surface area contributed by atoms with Gasteiger partial charge in [0.2, 0.25) is 0 Å². The number of nitrogens with zero attached hydrogens (tertiary/aromatic N) is 3. The molecule has 0 aliphatic rings. The van der Waals surface area contributed by atoms with Crippen molar-refractivity contribution in [3.8, 4) is 0 Å². The van der Waals surface area contributed by atoms with Gasteiger partial charge in [-0.05, 0) is 0 Å². The number of hydrogen-bond donors (Lipinski definition) is 0. The Hall–Kier alpha value is -2.85. The van der Waals surface area contributed by atoms with Gasteiger partial charge in [0.15, 0.2) is 0 Å². The van der Waals surface area contributed by atoms with E-state index in [2.05, 4.69) is 113 Å². The summed E-state index contributed by atoms with van der Waals surface area (Å²) >= 11 is 1.88. The Morgan fingerprint density at radius 3 is 2.00 bits per heavy atom. The Morgan fingerprint density at radius 1 is 0.667 bits per heavy atom. The van der Waals surface area contributed by atoms with E-state index in [4.69, 9.17) is 5.21 Å². The van der Waals surface area contributed by atoms with Crippen molar-refractivity contribution in [1.29, 1.82) is 0 Å². The molecule has 5 aromatic rings. The molecule has 1 unspecified atom stereocenters. The van der Waals surface area contributed by atoms with Crippen LogP contribution in [0.15, 0.2) is 120 Å². The van der Waals surface area contributed by atoms with Crippen molar-refractivity contribution in [2.45, 2.75) is 8.66 Å². The molecule has 0 fully saturated rings. The van der Waals surface area contributed by atoms with Crippen molar-refractivity contribution in [2.75, 3.05) is 0 Å². The zero-order valence-corrected chi connectivity index (χ0v) is 18.7. The Labute approximate surface area is 186 Å². The Balaban J connectivity index is 1.77. The van der Waals surface area contributed by atoms with E-state index in [0.29, 0.717) is 0 Å². The molecule has 1 aromatic heterocycles. The van der Waals surface area contributed by atoms with Crippen LogP contribution in [-0.4, -0.2) is 30.0 Å². The van der Waals surface area contributed by atoms with Crippen LogP contribution in [0.1, 0.15) is 5.56 Å². The summed E-state index contributed by atoms with van der Waals surface area (Å²) in [5.74, 6) is 0. The number of rotatable bonds is 6. The summed E-state index contributed by atoms with van der Waals surface area (Å²) in [7, 11) is 0. The van der Waals surface area contributed by atoms with Crippen LogP contribution in [0.25, 0.3) is 11.0 Å². The fourth-order valence-electron chi connectivity index (χ4n) is 3.38. The second-order valence-electron chi connectivity index (χ2n) is 6.77. The molecular formula is C25H19N3SSe. The van der Waals surface area contributed by atoms with Crippen molar-refractivity contribution in [3.05, 3.63) is 121 Å². The maximum atomic E-state index is 4.70. The minimum atomic E-state index is -0.424.